The van der Waals surface area contributed by atoms with E-state index < -0.39 is 9.04 Å². The van der Waals surface area contributed by atoms with Gasteiger partial charge in [0, 0.05) is 24.0 Å². The summed E-state index contributed by atoms with van der Waals surface area (Å²) in [6, 6.07) is 12.7. The van der Waals surface area contributed by atoms with Crippen LogP contribution in [0.2, 0.25) is 13.1 Å². The largest absolute Gasteiger partial charge is 2.00 e. The molecule has 22 heavy (non-hydrogen) atoms. The summed E-state index contributed by atoms with van der Waals surface area (Å²) in [5.41, 5.74) is 5.49. The van der Waals surface area contributed by atoms with Crippen molar-refractivity contribution in [2.75, 3.05) is 0 Å². The minimum Gasteiger partial charge on any atom is -1.00 e. The Hall–Kier alpha value is -0.120. The van der Waals surface area contributed by atoms with Crippen LogP contribution in [0.1, 0.15) is 18.2 Å². The molecular weight excluding hydrogens is 412 g/mol. The van der Waals surface area contributed by atoms with Gasteiger partial charge < -0.3 is 34.2 Å². The van der Waals surface area contributed by atoms with E-state index in [0.717, 1.165) is 6.42 Å². The fourth-order valence-corrected chi connectivity index (χ4v) is 2.21. The first-order valence-electron chi connectivity index (χ1n) is 6.69. The molecule has 1 N–H and O–H groups in total. The Morgan fingerprint density at radius 2 is 1.59 bits per heavy atom. The Kier molecular flexibility index (Phi) is 12.5. The number of halogens is 2. The summed E-state index contributed by atoms with van der Waals surface area (Å²) in [5, 5.41) is 0. The van der Waals surface area contributed by atoms with E-state index in [2.05, 4.69) is 60.2 Å². The molecular formula is C16H21Cl2NOSiZr. The maximum absolute atomic E-state index is 8.19. The van der Waals surface area contributed by atoms with Crippen LogP contribution in [-0.2, 0) is 32.6 Å². The minimum absolute atomic E-state index is 0. The van der Waals surface area contributed by atoms with Gasteiger partial charge in [-0.15, -0.1) is 0 Å². The summed E-state index contributed by atoms with van der Waals surface area (Å²) in [7, 11) is -1.14. The molecule has 6 heteroatoms. The third kappa shape index (κ3) is 6.55. The molecule has 1 heterocycles. The van der Waals surface area contributed by atoms with E-state index in [1.807, 2.05) is 13.1 Å². The number of nitrogens with zero attached hydrogens (tertiary/aromatic N) is 1. The number of rotatable bonds is 1. The van der Waals surface area contributed by atoms with Gasteiger partial charge in [0.2, 0.25) is 0 Å². The molecule has 1 aliphatic rings. The average Bonchev–Trinajstić information content (AvgIpc) is 2.88. The van der Waals surface area contributed by atoms with Gasteiger partial charge in [0.15, 0.2) is 9.04 Å². The molecule has 3 rings (SSSR count). The van der Waals surface area contributed by atoms with Crippen molar-refractivity contribution in [2.45, 2.75) is 26.4 Å². The predicted octanol–water partition coefficient (Wildman–Crippen LogP) is -2.60. The smallest absolute Gasteiger partial charge is 1.00 e. The maximum Gasteiger partial charge on any atom is 2.00 e. The molecule has 0 saturated heterocycles. The van der Waals surface area contributed by atoms with Crippen LogP contribution in [-0.4, -0.2) is 18.4 Å². The molecule has 1 aliphatic carbocycles. The molecule has 0 saturated carbocycles. The number of para-hydroxylation sites is 1. The molecule has 0 fully saturated rings. The Bertz CT molecular complexity index is 582. The van der Waals surface area contributed by atoms with Crippen LogP contribution < -0.4 is 24.8 Å². The molecule has 1 aromatic carbocycles. The molecule has 2 nitrogen and oxygen atoms in total. The fraction of sp³-hybridized carbons (Fsp3) is 0.250. The van der Waals surface area contributed by atoms with Gasteiger partial charge in [-0.05, 0) is 43.8 Å². The summed E-state index contributed by atoms with van der Waals surface area (Å²) < 4.78 is 2.28. The maximum atomic E-state index is 8.19. The van der Waals surface area contributed by atoms with Crippen molar-refractivity contribution >= 4 is 15.1 Å². The Morgan fingerprint density at radius 3 is 2.14 bits per heavy atom. The van der Waals surface area contributed by atoms with Crippen molar-refractivity contribution in [3.05, 3.63) is 59.4 Å². The van der Waals surface area contributed by atoms with Crippen molar-refractivity contribution in [1.29, 1.82) is 0 Å². The molecule has 0 bridgehead atoms. The first-order chi connectivity index (χ1) is 9.08. The topological polar surface area (TPSA) is 25.2 Å². The van der Waals surface area contributed by atoms with Crippen LogP contribution in [0.4, 0.5) is 0 Å². The minimum atomic E-state index is -1.14. The summed E-state index contributed by atoms with van der Waals surface area (Å²) >= 11 is 0. The average molecular weight is 434 g/mol. The van der Waals surface area contributed by atoms with E-state index in [1.54, 1.807) is 0 Å². The van der Waals surface area contributed by atoms with E-state index in [0.29, 0.717) is 0 Å². The predicted molar refractivity (Wildman–Crippen MR) is 84.2 cm³/mol. The van der Waals surface area contributed by atoms with Crippen molar-refractivity contribution in [2.24, 2.45) is 0 Å². The molecule has 0 amide bonds. The molecule has 0 aliphatic heterocycles. The number of allylic oxidation sites excluding steroid dienone is 1. The second kappa shape index (κ2) is 11.4. The summed E-state index contributed by atoms with van der Waals surface area (Å²) in [6.07, 6.45) is 5.51. The van der Waals surface area contributed by atoms with Crippen molar-refractivity contribution in [3.63, 3.8) is 0 Å². The first-order valence-corrected chi connectivity index (χ1v) is 9.51. The van der Waals surface area contributed by atoms with Crippen LogP contribution >= 0.6 is 0 Å². The number of aromatic nitrogens is 1. The van der Waals surface area contributed by atoms with Gasteiger partial charge >= 0.3 is 26.2 Å². The third-order valence-electron chi connectivity index (χ3n) is 2.91. The van der Waals surface area contributed by atoms with Gasteiger partial charge in [-0.2, -0.15) is 0 Å². The molecule has 118 valence electrons. The van der Waals surface area contributed by atoms with E-state index in [9.17, 15) is 0 Å². The van der Waals surface area contributed by atoms with Crippen molar-refractivity contribution in [3.8, 4) is 5.69 Å². The van der Waals surface area contributed by atoms with Crippen LogP contribution in [0, 0.1) is 0 Å². The molecule has 0 atom stereocenters. The van der Waals surface area contributed by atoms with Crippen LogP contribution in [0.25, 0.3) is 11.8 Å². The normalized spacial score (nSPS) is 11.0. The fourth-order valence-electron chi connectivity index (χ4n) is 2.21. The Balaban J connectivity index is 0. The van der Waals surface area contributed by atoms with Gasteiger partial charge in [-0.3, -0.25) is 0 Å². The summed E-state index contributed by atoms with van der Waals surface area (Å²) in [6.45, 7) is 5.91. The van der Waals surface area contributed by atoms with Gasteiger partial charge in [0.25, 0.3) is 0 Å². The van der Waals surface area contributed by atoms with Crippen molar-refractivity contribution < 1.29 is 55.8 Å². The van der Waals surface area contributed by atoms with Crippen LogP contribution in [0.15, 0.2) is 48.2 Å². The van der Waals surface area contributed by atoms with Crippen molar-refractivity contribution in [1.82, 2.24) is 4.57 Å². The summed E-state index contributed by atoms with van der Waals surface area (Å²) in [5.74, 6) is 0. The SMILES string of the molecule is CC1=Cc2ccn(-c3ccccc3)c2C1.C[SiH](C)O.[Cl-].[Cl-].[Zr+2]. The number of benzene rings is 1. The van der Waals surface area contributed by atoms with E-state index in [1.165, 1.54) is 22.5 Å². The quantitative estimate of drug-likeness (QED) is 0.491. The zero-order valence-electron chi connectivity index (χ0n) is 13.1. The first kappa shape index (κ1) is 24.1. The van der Waals surface area contributed by atoms with E-state index in [-0.39, 0.29) is 51.0 Å². The zero-order chi connectivity index (χ0) is 13.8. The van der Waals surface area contributed by atoms with Gasteiger partial charge in [0.05, 0.1) is 0 Å². The second-order valence-electron chi connectivity index (χ2n) is 5.18. The van der Waals surface area contributed by atoms with Gasteiger partial charge in [-0.25, -0.2) is 0 Å². The van der Waals surface area contributed by atoms with Crippen LogP contribution in [0.3, 0.4) is 0 Å². The van der Waals surface area contributed by atoms with Gasteiger partial charge in [0.1, 0.15) is 0 Å². The zero-order valence-corrected chi connectivity index (χ0v) is 18.2. The second-order valence-corrected chi connectivity index (χ2v) is 7.37. The van der Waals surface area contributed by atoms with E-state index >= 15 is 0 Å². The van der Waals surface area contributed by atoms with E-state index in [4.69, 9.17) is 4.80 Å². The monoisotopic (exact) mass is 431 g/mol. The standard InChI is InChI=1S/C14H13N.C2H8OSi.2ClH.Zr/c1-11-9-12-7-8-15(14(12)10-11)13-5-3-2-4-6-13;1-4(2)3;;;/h2-9H,10H2,1H3;3-4H,1-2H3;2*1H;/q;;;;+2/p-2. The molecule has 1 aromatic heterocycles. The number of hydrogen-bond donors (Lipinski definition) is 1. The number of fused-ring (bicyclic) bond motifs is 1. The number of hydrogen-bond acceptors (Lipinski definition) is 1. The molecule has 0 unspecified atom stereocenters. The van der Waals surface area contributed by atoms with Crippen LogP contribution in [0.5, 0.6) is 0 Å². The Labute approximate surface area is 166 Å². The summed E-state index contributed by atoms with van der Waals surface area (Å²) in [4.78, 5) is 8.19. The van der Waals surface area contributed by atoms with Gasteiger partial charge in [-0.1, -0.05) is 29.8 Å². The molecule has 2 aromatic rings. The Morgan fingerprint density at radius 1 is 1.05 bits per heavy atom. The third-order valence-corrected chi connectivity index (χ3v) is 2.91. The molecule has 0 radical (unpaired) electrons. The molecule has 0 spiro atoms.